The summed E-state index contributed by atoms with van der Waals surface area (Å²) in [5, 5.41) is 3.09. The number of hydrogen-bond acceptors (Lipinski definition) is 3. The van der Waals surface area contributed by atoms with Gasteiger partial charge in [0.1, 0.15) is 17.3 Å². The summed E-state index contributed by atoms with van der Waals surface area (Å²) in [7, 11) is 0. The molecule has 0 fully saturated rings. The van der Waals surface area contributed by atoms with Gasteiger partial charge in [0, 0.05) is 18.8 Å². The lowest BCUT2D eigenvalue weighted by molar-refractivity contribution is -0.137. The van der Waals surface area contributed by atoms with Crippen LogP contribution in [0.2, 0.25) is 0 Å². The van der Waals surface area contributed by atoms with Crippen molar-refractivity contribution < 1.29 is 17.9 Å². The van der Waals surface area contributed by atoms with Crippen LogP contribution in [0.15, 0.2) is 42.6 Å². The highest BCUT2D eigenvalue weighted by Crippen LogP contribution is 2.32. The second-order valence-corrected chi connectivity index (χ2v) is 4.43. The van der Waals surface area contributed by atoms with Crippen molar-refractivity contribution in [2.24, 2.45) is 0 Å². The average Bonchev–Trinajstić information content (AvgIpc) is 2.45. The third kappa shape index (κ3) is 4.37. The molecule has 1 N–H and O–H groups in total. The van der Waals surface area contributed by atoms with Crippen LogP contribution in [0.25, 0.3) is 0 Å². The second-order valence-electron chi connectivity index (χ2n) is 4.43. The molecule has 0 unspecified atom stereocenters. The van der Waals surface area contributed by atoms with Gasteiger partial charge in [0.05, 0.1) is 5.56 Å². The number of nitrogens with zero attached hydrogens (tertiary/aromatic N) is 1. The van der Waals surface area contributed by atoms with Crippen molar-refractivity contribution in [2.75, 3.05) is 11.9 Å². The molecule has 2 rings (SSSR count). The summed E-state index contributed by atoms with van der Waals surface area (Å²) in [4.78, 5) is 4.10. The number of halogens is 3. The second kappa shape index (κ2) is 6.47. The highest BCUT2D eigenvalue weighted by Gasteiger charge is 2.30. The topological polar surface area (TPSA) is 34.1 Å². The molecule has 2 aromatic rings. The van der Waals surface area contributed by atoms with Gasteiger partial charge in [-0.3, -0.25) is 0 Å². The first-order valence-corrected chi connectivity index (χ1v) is 6.54. The molecule has 0 spiro atoms. The molecule has 0 aliphatic rings. The van der Waals surface area contributed by atoms with Gasteiger partial charge in [0.25, 0.3) is 0 Å². The van der Waals surface area contributed by atoms with Crippen LogP contribution < -0.4 is 10.1 Å². The van der Waals surface area contributed by atoms with Gasteiger partial charge in [-0.25, -0.2) is 4.98 Å². The van der Waals surface area contributed by atoms with Gasteiger partial charge in [-0.1, -0.05) is 13.0 Å². The van der Waals surface area contributed by atoms with Crippen LogP contribution >= 0.6 is 0 Å². The molecular weight excluding hydrogens is 281 g/mol. The lowest BCUT2D eigenvalue weighted by atomic mass is 10.2. The van der Waals surface area contributed by atoms with E-state index in [-0.39, 0.29) is 5.75 Å². The standard InChI is InChI=1S/C15H15F3N2O/c1-2-7-19-14-10-13(6-8-20-14)21-12-5-3-4-11(9-12)15(16,17)18/h3-6,8-10H,2,7H2,1H3,(H,19,20). The van der Waals surface area contributed by atoms with Crippen molar-refractivity contribution in [3.8, 4) is 11.5 Å². The molecule has 0 aliphatic carbocycles. The number of anilines is 1. The Morgan fingerprint density at radius 1 is 1.14 bits per heavy atom. The van der Waals surface area contributed by atoms with Crippen LogP contribution in [0.1, 0.15) is 18.9 Å². The van der Waals surface area contributed by atoms with Gasteiger partial charge < -0.3 is 10.1 Å². The summed E-state index contributed by atoms with van der Waals surface area (Å²) >= 11 is 0. The van der Waals surface area contributed by atoms with Gasteiger partial charge in [-0.05, 0) is 30.7 Å². The van der Waals surface area contributed by atoms with Crippen LogP contribution in [0.5, 0.6) is 11.5 Å². The number of hydrogen-bond donors (Lipinski definition) is 1. The predicted octanol–water partition coefficient (Wildman–Crippen LogP) is 4.71. The third-order valence-corrected chi connectivity index (χ3v) is 2.68. The summed E-state index contributed by atoms with van der Waals surface area (Å²) in [6.45, 7) is 2.79. The third-order valence-electron chi connectivity index (χ3n) is 2.68. The number of rotatable bonds is 5. The quantitative estimate of drug-likeness (QED) is 0.867. The molecule has 0 atom stereocenters. The Morgan fingerprint density at radius 2 is 1.90 bits per heavy atom. The minimum atomic E-state index is -4.38. The van der Waals surface area contributed by atoms with Crippen molar-refractivity contribution in [3.63, 3.8) is 0 Å². The Labute approximate surface area is 120 Å². The molecule has 1 aromatic heterocycles. The highest BCUT2D eigenvalue weighted by atomic mass is 19.4. The molecule has 0 amide bonds. The molecule has 0 aliphatic heterocycles. The van der Waals surface area contributed by atoms with Crippen LogP contribution in [0, 0.1) is 0 Å². The van der Waals surface area contributed by atoms with E-state index in [1.54, 1.807) is 18.3 Å². The van der Waals surface area contributed by atoms with Crippen LogP contribution in [0.4, 0.5) is 19.0 Å². The largest absolute Gasteiger partial charge is 0.457 e. The first-order valence-electron chi connectivity index (χ1n) is 6.54. The van der Waals surface area contributed by atoms with Gasteiger partial charge in [0.15, 0.2) is 0 Å². The first-order chi connectivity index (χ1) is 9.99. The van der Waals surface area contributed by atoms with Crippen molar-refractivity contribution in [1.29, 1.82) is 0 Å². The minimum absolute atomic E-state index is 0.137. The Morgan fingerprint density at radius 3 is 2.62 bits per heavy atom. The van der Waals surface area contributed by atoms with E-state index < -0.39 is 11.7 Å². The highest BCUT2D eigenvalue weighted by molar-refractivity contribution is 5.43. The van der Waals surface area contributed by atoms with E-state index in [4.69, 9.17) is 4.74 Å². The molecule has 112 valence electrons. The molecule has 21 heavy (non-hydrogen) atoms. The molecule has 0 saturated carbocycles. The van der Waals surface area contributed by atoms with Gasteiger partial charge in [-0.2, -0.15) is 13.2 Å². The summed E-state index contributed by atoms with van der Waals surface area (Å²) < 4.78 is 43.4. The zero-order valence-electron chi connectivity index (χ0n) is 11.4. The van der Waals surface area contributed by atoms with Crippen molar-refractivity contribution in [1.82, 2.24) is 4.98 Å². The molecule has 1 heterocycles. The molecule has 0 bridgehead atoms. The van der Waals surface area contributed by atoms with Crippen LogP contribution in [0.3, 0.4) is 0 Å². The number of ether oxygens (including phenoxy) is 1. The summed E-state index contributed by atoms with van der Waals surface area (Å²) in [6, 6.07) is 8.02. The number of benzene rings is 1. The van der Waals surface area contributed by atoms with Crippen molar-refractivity contribution in [3.05, 3.63) is 48.2 Å². The monoisotopic (exact) mass is 296 g/mol. The number of pyridine rings is 1. The fraction of sp³-hybridized carbons (Fsp3) is 0.267. The van der Waals surface area contributed by atoms with E-state index in [2.05, 4.69) is 10.3 Å². The van der Waals surface area contributed by atoms with E-state index in [9.17, 15) is 13.2 Å². The number of alkyl halides is 3. The Hall–Kier alpha value is -2.24. The SMILES string of the molecule is CCCNc1cc(Oc2cccc(C(F)(F)F)c2)ccn1. The summed E-state index contributed by atoms with van der Waals surface area (Å²) in [5.41, 5.74) is -0.738. The zero-order chi connectivity index (χ0) is 15.3. The van der Waals surface area contributed by atoms with E-state index in [0.717, 1.165) is 25.1 Å². The van der Waals surface area contributed by atoms with Crippen LogP contribution in [-0.2, 0) is 6.18 Å². The molecule has 1 aromatic carbocycles. The predicted molar refractivity (Wildman–Crippen MR) is 74.5 cm³/mol. The zero-order valence-corrected chi connectivity index (χ0v) is 11.4. The Balaban J connectivity index is 2.14. The molecule has 0 saturated heterocycles. The van der Waals surface area contributed by atoms with Gasteiger partial charge in [-0.15, -0.1) is 0 Å². The van der Waals surface area contributed by atoms with E-state index in [1.807, 2.05) is 6.92 Å². The first kappa shape index (κ1) is 15.2. The van der Waals surface area contributed by atoms with Crippen molar-refractivity contribution >= 4 is 5.82 Å². The van der Waals surface area contributed by atoms with E-state index in [1.165, 1.54) is 12.1 Å². The normalized spacial score (nSPS) is 11.2. The number of nitrogens with one attached hydrogen (secondary N) is 1. The lowest BCUT2D eigenvalue weighted by Gasteiger charge is -2.11. The Bertz CT molecular complexity index is 599. The van der Waals surface area contributed by atoms with Crippen LogP contribution in [-0.4, -0.2) is 11.5 Å². The maximum absolute atomic E-state index is 12.6. The molecule has 3 nitrogen and oxygen atoms in total. The number of aromatic nitrogens is 1. The van der Waals surface area contributed by atoms with Gasteiger partial charge in [0.2, 0.25) is 0 Å². The van der Waals surface area contributed by atoms with E-state index in [0.29, 0.717) is 11.6 Å². The summed E-state index contributed by atoms with van der Waals surface area (Å²) in [6.07, 6.45) is -1.90. The fourth-order valence-electron chi connectivity index (χ4n) is 1.70. The maximum Gasteiger partial charge on any atom is 0.416 e. The molecular formula is C15H15F3N2O. The lowest BCUT2D eigenvalue weighted by Crippen LogP contribution is -2.04. The van der Waals surface area contributed by atoms with E-state index >= 15 is 0 Å². The Kier molecular flexibility index (Phi) is 4.67. The minimum Gasteiger partial charge on any atom is -0.457 e. The smallest absolute Gasteiger partial charge is 0.416 e. The fourth-order valence-corrected chi connectivity index (χ4v) is 1.70. The molecule has 6 heteroatoms. The molecule has 0 radical (unpaired) electrons. The summed E-state index contributed by atoms with van der Waals surface area (Å²) in [5.74, 6) is 1.20. The average molecular weight is 296 g/mol. The van der Waals surface area contributed by atoms with Crippen molar-refractivity contribution in [2.45, 2.75) is 19.5 Å². The van der Waals surface area contributed by atoms with Gasteiger partial charge >= 0.3 is 6.18 Å². The maximum atomic E-state index is 12.6.